The zero-order chi connectivity index (χ0) is 26.7. The molecule has 1 aliphatic rings. The highest BCUT2D eigenvalue weighted by Crippen LogP contribution is 2.25. The Balaban J connectivity index is 1.12. The van der Waals surface area contributed by atoms with Crippen LogP contribution in [-0.2, 0) is 9.53 Å². The highest BCUT2D eigenvalue weighted by atomic mass is 16.6. The number of carbonyl (C=O) groups excluding carboxylic acids is 2. The molecule has 3 aromatic carbocycles. The van der Waals surface area contributed by atoms with Gasteiger partial charge in [0.05, 0.1) is 23.8 Å². The molecule has 1 saturated heterocycles. The first-order valence-electron chi connectivity index (χ1n) is 13.0. The van der Waals surface area contributed by atoms with Crippen molar-refractivity contribution in [1.29, 1.82) is 5.26 Å². The van der Waals surface area contributed by atoms with Gasteiger partial charge >= 0.3 is 11.9 Å². The van der Waals surface area contributed by atoms with E-state index in [0.29, 0.717) is 35.5 Å². The summed E-state index contributed by atoms with van der Waals surface area (Å²) in [5.41, 5.74) is 3.60. The van der Waals surface area contributed by atoms with Crippen LogP contribution < -0.4 is 9.47 Å². The topological polar surface area (TPSA) is 85.6 Å². The van der Waals surface area contributed by atoms with Crippen LogP contribution in [0.1, 0.15) is 60.9 Å². The Morgan fingerprint density at radius 2 is 1.47 bits per heavy atom. The van der Waals surface area contributed by atoms with E-state index in [1.165, 1.54) is 0 Å². The molecule has 6 heteroatoms. The fourth-order valence-electron chi connectivity index (χ4n) is 4.30. The molecule has 0 saturated carbocycles. The van der Waals surface area contributed by atoms with Crippen LogP contribution in [0.15, 0.2) is 84.9 Å². The molecule has 0 spiro atoms. The van der Waals surface area contributed by atoms with E-state index in [1.54, 1.807) is 48.5 Å². The first-order valence-corrected chi connectivity index (χ1v) is 13.0. The molecular formula is C32H31NO5. The SMILES string of the molecule is C=C1CC(CCCCCCCOc2ccc(C(=O)Oc3ccc(-c4ccc(C#N)cc4)cc3)cc2)OC1=O. The molecule has 0 radical (unpaired) electrons. The predicted octanol–water partition coefficient (Wildman–Crippen LogP) is 7.04. The standard InChI is InChI=1S/C32H31NO5/c1-23-21-30(38-31(23)34)7-5-3-2-4-6-20-36-28-16-14-27(15-17-28)32(35)37-29-18-12-26(13-19-29)25-10-8-24(22-33)9-11-25/h8-19,30H,1-7,20-21H2. The van der Waals surface area contributed by atoms with E-state index < -0.39 is 5.97 Å². The molecule has 1 fully saturated rings. The van der Waals surface area contributed by atoms with E-state index in [9.17, 15) is 9.59 Å². The van der Waals surface area contributed by atoms with E-state index in [4.69, 9.17) is 19.5 Å². The normalized spacial score (nSPS) is 14.6. The molecule has 194 valence electrons. The van der Waals surface area contributed by atoms with Gasteiger partial charge in [0.15, 0.2) is 0 Å². The van der Waals surface area contributed by atoms with Gasteiger partial charge in [0.2, 0.25) is 0 Å². The summed E-state index contributed by atoms with van der Waals surface area (Å²) in [6.07, 6.45) is 6.88. The van der Waals surface area contributed by atoms with Crippen molar-refractivity contribution in [2.24, 2.45) is 0 Å². The zero-order valence-electron chi connectivity index (χ0n) is 21.4. The van der Waals surface area contributed by atoms with Crippen molar-refractivity contribution in [2.45, 2.75) is 51.0 Å². The van der Waals surface area contributed by atoms with Gasteiger partial charge in [-0.3, -0.25) is 0 Å². The number of cyclic esters (lactones) is 1. The maximum Gasteiger partial charge on any atom is 0.343 e. The summed E-state index contributed by atoms with van der Waals surface area (Å²) >= 11 is 0. The second-order valence-electron chi connectivity index (χ2n) is 9.37. The third-order valence-electron chi connectivity index (χ3n) is 6.48. The quantitative estimate of drug-likeness (QED) is 0.113. The van der Waals surface area contributed by atoms with Crippen molar-refractivity contribution in [1.82, 2.24) is 0 Å². The molecule has 1 heterocycles. The Morgan fingerprint density at radius 1 is 0.868 bits per heavy atom. The largest absolute Gasteiger partial charge is 0.494 e. The molecule has 0 N–H and O–H groups in total. The monoisotopic (exact) mass is 509 g/mol. The van der Waals surface area contributed by atoms with Crippen molar-refractivity contribution in [3.05, 3.63) is 96.1 Å². The minimum atomic E-state index is -0.431. The van der Waals surface area contributed by atoms with Crippen molar-refractivity contribution < 1.29 is 23.8 Å². The number of rotatable bonds is 12. The van der Waals surface area contributed by atoms with E-state index in [0.717, 1.165) is 55.4 Å². The van der Waals surface area contributed by atoms with Crippen molar-refractivity contribution in [3.8, 4) is 28.7 Å². The Bertz CT molecular complexity index is 1270. The van der Waals surface area contributed by atoms with Crippen LogP contribution in [0.5, 0.6) is 11.5 Å². The summed E-state index contributed by atoms with van der Waals surface area (Å²) in [6, 6.07) is 23.7. The van der Waals surface area contributed by atoms with Gasteiger partial charge in [-0.15, -0.1) is 0 Å². The number of carbonyl (C=O) groups is 2. The lowest BCUT2D eigenvalue weighted by Gasteiger charge is -2.09. The van der Waals surface area contributed by atoms with Gasteiger partial charge in [0.1, 0.15) is 17.6 Å². The minimum absolute atomic E-state index is 0.0132. The Morgan fingerprint density at radius 3 is 2.11 bits per heavy atom. The van der Waals surface area contributed by atoms with Crippen molar-refractivity contribution in [2.75, 3.05) is 6.61 Å². The predicted molar refractivity (Wildman–Crippen MR) is 145 cm³/mol. The molecule has 1 aliphatic heterocycles. The van der Waals surface area contributed by atoms with E-state index in [-0.39, 0.29) is 12.1 Å². The number of nitrogens with zero attached hydrogens (tertiary/aromatic N) is 1. The van der Waals surface area contributed by atoms with E-state index in [2.05, 4.69) is 12.6 Å². The van der Waals surface area contributed by atoms with Crippen LogP contribution in [0.25, 0.3) is 11.1 Å². The smallest absolute Gasteiger partial charge is 0.343 e. The number of hydrogen-bond acceptors (Lipinski definition) is 6. The van der Waals surface area contributed by atoms with Crippen LogP contribution in [-0.4, -0.2) is 24.6 Å². The summed E-state index contributed by atoms with van der Waals surface area (Å²) in [6.45, 7) is 4.34. The van der Waals surface area contributed by atoms with Crippen LogP contribution in [0.4, 0.5) is 0 Å². The molecule has 6 nitrogen and oxygen atoms in total. The summed E-state index contributed by atoms with van der Waals surface area (Å²) in [5.74, 6) is 0.502. The fourth-order valence-corrected chi connectivity index (χ4v) is 4.30. The number of unbranched alkanes of at least 4 members (excludes halogenated alkanes) is 4. The van der Waals surface area contributed by atoms with Crippen LogP contribution >= 0.6 is 0 Å². The van der Waals surface area contributed by atoms with Gasteiger partial charge in [-0.2, -0.15) is 5.26 Å². The molecule has 0 amide bonds. The van der Waals surface area contributed by atoms with E-state index in [1.807, 2.05) is 24.3 Å². The first-order chi connectivity index (χ1) is 18.5. The average Bonchev–Trinajstić information content (AvgIpc) is 3.27. The zero-order valence-corrected chi connectivity index (χ0v) is 21.4. The van der Waals surface area contributed by atoms with Gasteiger partial charge in [-0.25, -0.2) is 9.59 Å². The third kappa shape index (κ3) is 7.57. The van der Waals surface area contributed by atoms with Gasteiger partial charge < -0.3 is 14.2 Å². The second-order valence-corrected chi connectivity index (χ2v) is 9.37. The van der Waals surface area contributed by atoms with Crippen LogP contribution in [0.2, 0.25) is 0 Å². The summed E-state index contributed by atoms with van der Waals surface area (Å²) < 4.78 is 16.6. The number of ether oxygens (including phenoxy) is 3. The highest BCUT2D eigenvalue weighted by molar-refractivity contribution is 5.91. The van der Waals surface area contributed by atoms with Gasteiger partial charge in [0, 0.05) is 12.0 Å². The Kier molecular flexibility index (Phi) is 9.31. The maximum absolute atomic E-state index is 12.5. The fraction of sp³-hybridized carbons (Fsp3) is 0.281. The molecule has 3 aromatic rings. The maximum atomic E-state index is 12.5. The minimum Gasteiger partial charge on any atom is -0.494 e. The molecule has 0 bridgehead atoms. The van der Waals surface area contributed by atoms with Crippen molar-refractivity contribution >= 4 is 11.9 Å². The van der Waals surface area contributed by atoms with Crippen LogP contribution in [0, 0.1) is 11.3 Å². The third-order valence-corrected chi connectivity index (χ3v) is 6.48. The lowest BCUT2D eigenvalue weighted by molar-refractivity contribution is -0.139. The summed E-state index contributed by atoms with van der Waals surface area (Å²) in [4.78, 5) is 23.9. The Labute approximate surface area is 223 Å². The number of benzene rings is 3. The van der Waals surface area contributed by atoms with Crippen molar-refractivity contribution in [3.63, 3.8) is 0 Å². The van der Waals surface area contributed by atoms with Gasteiger partial charge in [-0.05, 0) is 78.9 Å². The van der Waals surface area contributed by atoms with Gasteiger partial charge in [0.25, 0.3) is 0 Å². The summed E-state index contributed by atoms with van der Waals surface area (Å²) in [5, 5.41) is 8.93. The number of hydrogen-bond donors (Lipinski definition) is 0. The lowest BCUT2D eigenvalue weighted by Crippen LogP contribution is -2.08. The average molecular weight is 510 g/mol. The molecule has 4 rings (SSSR count). The molecule has 38 heavy (non-hydrogen) atoms. The molecule has 0 aromatic heterocycles. The summed E-state index contributed by atoms with van der Waals surface area (Å²) in [7, 11) is 0. The first kappa shape index (κ1) is 26.7. The van der Waals surface area contributed by atoms with Crippen LogP contribution in [0.3, 0.4) is 0 Å². The molecule has 1 atom stereocenters. The highest BCUT2D eigenvalue weighted by Gasteiger charge is 2.26. The molecular weight excluding hydrogens is 478 g/mol. The lowest BCUT2D eigenvalue weighted by atomic mass is 10.0. The van der Waals surface area contributed by atoms with Gasteiger partial charge in [-0.1, -0.05) is 50.1 Å². The second kappa shape index (κ2) is 13.3. The number of esters is 2. The van der Waals surface area contributed by atoms with E-state index >= 15 is 0 Å². The molecule has 0 aliphatic carbocycles. The molecule has 1 unspecified atom stereocenters. The Hall–Kier alpha value is -4.37. The number of nitriles is 1.